The minimum Gasteiger partial charge on any atom is -0.497 e. The average molecular weight is 379 g/mol. The normalized spacial score (nSPS) is 15.3. The predicted molar refractivity (Wildman–Crippen MR) is 109 cm³/mol. The van der Waals surface area contributed by atoms with E-state index in [2.05, 4.69) is 52.5 Å². The van der Waals surface area contributed by atoms with E-state index in [-0.39, 0.29) is 6.04 Å². The molecule has 0 unspecified atom stereocenters. The van der Waals surface area contributed by atoms with E-state index in [0.717, 1.165) is 29.5 Å². The number of rotatable bonds is 6. The standard InChI is InChI=1S/C23H26N2O3/c1-4-27-21-13-17-15-24-23(16-8-10-18(26-3)11-9-16)19-7-6-12-25(19)20(17)14-22(21)28-5-2/h6-14,23-24H,4-5,15H2,1-3H3/p+1/t23-/m1/s1. The first-order chi connectivity index (χ1) is 13.7. The number of hydrogen-bond donors (Lipinski definition) is 1. The van der Waals surface area contributed by atoms with E-state index < -0.39 is 0 Å². The topological polar surface area (TPSA) is 49.2 Å². The highest BCUT2D eigenvalue weighted by Gasteiger charge is 2.27. The quantitative estimate of drug-likeness (QED) is 0.714. The molecule has 5 heteroatoms. The zero-order valence-corrected chi connectivity index (χ0v) is 16.6. The van der Waals surface area contributed by atoms with Crippen LogP contribution in [0.3, 0.4) is 0 Å². The van der Waals surface area contributed by atoms with Crippen LogP contribution in [0.1, 0.15) is 36.7 Å². The zero-order valence-electron chi connectivity index (χ0n) is 16.6. The van der Waals surface area contributed by atoms with Gasteiger partial charge in [0, 0.05) is 23.4 Å². The first-order valence-electron chi connectivity index (χ1n) is 9.82. The summed E-state index contributed by atoms with van der Waals surface area (Å²) in [5, 5.41) is 2.37. The van der Waals surface area contributed by atoms with Gasteiger partial charge in [0.05, 0.1) is 31.7 Å². The second-order valence-corrected chi connectivity index (χ2v) is 6.79. The number of hydrogen-bond acceptors (Lipinski definition) is 3. The predicted octanol–water partition coefficient (Wildman–Crippen LogP) is 3.45. The summed E-state index contributed by atoms with van der Waals surface area (Å²) in [6.45, 7) is 6.08. The van der Waals surface area contributed by atoms with Crippen molar-refractivity contribution in [2.45, 2.75) is 26.4 Å². The van der Waals surface area contributed by atoms with Gasteiger partial charge in [-0.3, -0.25) is 0 Å². The fourth-order valence-electron chi connectivity index (χ4n) is 3.87. The molecule has 0 aliphatic carbocycles. The Labute approximate surface area is 165 Å². The number of quaternary nitrogens is 1. The van der Waals surface area contributed by atoms with Gasteiger partial charge in [0.25, 0.3) is 0 Å². The molecule has 1 aromatic heterocycles. The van der Waals surface area contributed by atoms with Gasteiger partial charge in [0.15, 0.2) is 17.5 Å². The van der Waals surface area contributed by atoms with Crippen LogP contribution in [-0.4, -0.2) is 24.9 Å². The molecule has 2 aromatic carbocycles. The number of fused-ring (bicyclic) bond motifs is 3. The number of ether oxygens (including phenoxy) is 3. The van der Waals surface area contributed by atoms with Crippen LogP contribution in [0.4, 0.5) is 0 Å². The third kappa shape index (κ3) is 3.34. The SMILES string of the molecule is CCOc1cc2c(cc1OCC)-n1cccc1[C@@H](c1ccc(OC)cc1)[NH2+]C2. The molecule has 1 aliphatic heterocycles. The molecule has 2 heterocycles. The van der Waals surface area contributed by atoms with E-state index in [4.69, 9.17) is 14.2 Å². The van der Waals surface area contributed by atoms with E-state index in [1.165, 1.54) is 16.8 Å². The van der Waals surface area contributed by atoms with Crippen molar-refractivity contribution < 1.29 is 19.5 Å². The maximum absolute atomic E-state index is 5.86. The molecule has 4 rings (SSSR count). The summed E-state index contributed by atoms with van der Waals surface area (Å²) in [6, 6.07) is 17.1. The molecule has 1 atom stereocenters. The molecule has 146 valence electrons. The van der Waals surface area contributed by atoms with Crippen LogP contribution < -0.4 is 19.5 Å². The Morgan fingerprint density at radius 1 is 1.00 bits per heavy atom. The number of nitrogens with two attached hydrogens (primary N) is 1. The molecule has 0 bridgehead atoms. The maximum atomic E-state index is 5.86. The first-order valence-corrected chi connectivity index (χ1v) is 9.82. The van der Waals surface area contributed by atoms with Crippen molar-refractivity contribution in [2.75, 3.05) is 20.3 Å². The molecule has 3 aromatic rings. The van der Waals surface area contributed by atoms with Gasteiger partial charge in [-0.2, -0.15) is 0 Å². The third-order valence-electron chi connectivity index (χ3n) is 5.15. The molecule has 1 aliphatic rings. The average Bonchev–Trinajstić information content (AvgIpc) is 3.14. The molecule has 0 saturated carbocycles. The monoisotopic (exact) mass is 379 g/mol. The third-order valence-corrected chi connectivity index (χ3v) is 5.15. The van der Waals surface area contributed by atoms with E-state index >= 15 is 0 Å². The number of aromatic nitrogens is 1. The maximum Gasteiger partial charge on any atom is 0.163 e. The van der Waals surface area contributed by atoms with E-state index in [9.17, 15) is 0 Å². The van der Waals surface area contributed by atoms with E-state index in [0.29, 0.717) is 13.2 Å². The molecule has 0 fully saturated rings. The Kier molecular flexibility index (Phi) is 5.26. The lowest BCUT2D eigenvalue weighted by atomic mass is 10.0. The van der Waals surface area contributed by atoms with Crippen molar-refractivity contribution in [3.05, 3.63) is 71.5 Å². The van der Waals surface area contributed by atoms with Crippen molar-refractivity contribution >= 4 is 0 Å². The molecule has 0 spiro atoms. The highest BCUT2D eigenvalue weighted by Crippen LogP contribution is 2.36. The summed E-state index contributed by atoms with van der Waals surface area (Å²) in [7, 11) is 1.69. The lowest BCUT2D eigenvalue weighted by molar-refractivity contribution is -0.702. The molecule has 2 N–H and O–H groups in total. The van der Waals surface area contributed by atoms with Gasteiger partial charge in [0.2, 0.25) is 0 Å². The van der Waals surface area contributed by atoms with Gasteiger partial charge in [-0.1, -0.05) is 0 Å². The molecular weight excluding hydrogens is 352 g/mol. The first kappa shape index (κ1) is 18.4. The van der Waals surface area contributed by atoms with Crippen LogP contribution in [0.15, 0.2) is 54.7 Å². The fraction of sp³-hybridized carbons (Fsp3) is 0.304. The molecular formula is C23H27N2O3+. The number of methoxy groups -OCH3 is 1. The van der Waals surface area contributed by atoms with Crippen LogP contribution in [-0.2, 0) is 6.54 Å². The Morgan fingerprint density at radius 2 is 1.71 bits per heavy atom. The van der Waals surface area contributed by atoms with Gasteiger partial charge in [-0.15, -0.1) is 0 Å². The molecule has 0 amide bonds. The summed E-state index contributed by atoms with van der Waals surface area (Å²) in [5.41, 5.74) is 4.89. The van der Waals surface area contributed by atoms with Crippen molar-refractivity contribution in [1.29, 1.82) is 0 Å². The lowest BCUT2D eigenvalue weighted by Gasteiger charge is -2.16. The van der Waals surface area contributed by atoms with Crippen molar-refractivity contribution in [3.63, 3.8) is 0 Å². The summed E-state index contributed by atoms with van der Waals surface area (Å²) in [4.78, 5) is 0. The summed E-state index contributed by atoms with van der Waals surface area (Å²) < 4.78 is 19.3. The van der Waals surface area contributed by atoms with Crippen molar-refractivity contribution in [1.82, 2.24) is 4.57 Å². The van der Waals surface area contributed by atoms with Crippen LogP contribution in [0.25, 0.3) is 5.69 Å². The van der Waals surface area contributed by atoms with Crippen molar-refractivity contribution in [3.8, 4) is 22.9 Å². The van der Waals surface area contributed by atoms with Crippen molar-refractivity contribution in [2.24, 2.45) is 0 Å². The summed E-state index contributed by atoms with van der Waals surface area (Å²) in [5.74, 6) is 2.48. The Balaban J connectivity index is 1.78. The van der Waals surface area contributed by atoms with Crippen LogP contribution >= 0.6 is 0 Å². The van der Waals surface area contributed by atoms with Crippen LogP contribution in [0.2, 0.25) is 0 Å². The number of nitrogens with zero attached hydrogens (tertiary/aromatic N) is 1. The Morgan fingerprint density at radius 3 is 2.39 bits per heavy atom. The lowest BCUT2D eigenvalue weighted by Crippen LogP contribution is -2.83. The zero-order chi connectivity index (χ0) is 19.5. The largest absolute Gasteiger partial charge is 0.497 e. The minimum absolute atomic E-state index is 0.208. The smallest absolute Gasteiger partial charge is 0.163 e. The van der Waals surface area contributed by atoms with Gasteiger partial charge < -0.3 is 24.1 Å². The van der Waals surface area contributed by atoms with Gasteiger partial charge >= 0.3 is 0 Å². The molecule has 28 heavy (non-hydrogen) atoms. The van der Waals surface area contributed by atoms with Gasteiger partial charge in [-0.25, -0.2) is 0 Å². The molecule has 5 nitrogen and oxygen atoms in total. The van der Waals surface area contributed by atoms with E-state index in [1.807, 2.05) is 26.0 Å². The highest BCUT2D eigenvalue weighted by atomic mass is 16.5. The number of benzene rings is 2. The second kappa shape index (κ2) is 7.98. The van der Waals surface area contributed by atoms with E-state index in [1.54, 1.807) is 7.11 Å². The Bertz CT molecular complexity index is 947. The fourth-order valence-corrected chi connectivity index (χ4v) is 3.87. The summed E-state index contributed by atoms with van der Waals surface area (Å²) in [6.07, 6.45) is 2.12. The molecule has 0 saturated heterocycles. The van der Waals surface area contributed by atoms with Crippen LogP contribution in [0, 0.1) is 0 Å². The molecule has 0 radical (unpaired) electrons. The van der Waals surface area contributed by atoms with Gasteiger partial charge in [-0.05, 0) is 56.3 Å². The second-order valence-electron chi connectivity index (χ2n) is 6.79. The summed E-state index contributed by atoms with van der Waals surface area (Å²) >= 11 is 0. The van der Waals surface area contributed by atoms with Gasteiger partial charge in [0.1, 0.15) is 12.3 Å². The van der Waals surface area contributed by atoms with Crippen LogP contribution in [0.5, 0.6) is 17.2 Å². The Hall–Kier alpha value is -2.92. The highest BCUT2D eigenvalue weighted by molar-refractivity contribution is 5.56. The minimum atomic E-state index is 0.208.